The van der Waals surface area contributed by atoms with Gasteiger partial charge in [0.25, 0.3) is 5.91 Å². The fourth-order valence-electron chi connectivity index (χ4n) is 4.81. The summed E-state index contributed by atoms with van der Waals surface area (Å²) in [6.45, 7) is 2.48. The third-order valence-corrected chi connectivity index (χ3v) is 7.80. The van der Waals surface area contributed by atoms with Crippen LogP contribution in [0.15, 0.2) is 30.3 Å². The number of rotatable bonds is 10. The number of benzene rings is 2. The number of sulfonamides is 1. The lowest BCUT2D eigenvalue weighted by atomic mass is 9.95. The average Bonchev–Trinajstić information content (AvgIpc) is 3.66. The van der Waals surface area contributed by atoms with E-state index in [1.807, 2.05) is 16.9 Å². The van der Waals surface area contributed by atoms with E-state index in [2.05, 4.69) is 4.90 Å². The van der Waals surface area contributed by atoms with Crippen LogP contribution in [0.2, 0.25) is 10.0 Å². The van der Waals surface area contributed by atoms with E-state index in [-0.39, 0.29) is 29.2 Å². The molecule has 37 heavy (non-hydrogen) atoms. The summed E-state index contributed by atoms with van der Waals surface area (Å²) in [5.74, 6) is -1.08. The third kappa shape index (κ3) is 7.57. The van der Waals surface area contributed by atoms with Gasteiger partial charge >= 0.3 is 0 Å². The Kier molecular flexibility index (Phi) is 9.01. The summed E-state index contributed by atoms with van der Waals surface area (Å²) in [7, 11) is -2.09. The Balaban J connectivity index is 1.39. The Morgan fingerprint density at radius 1 is 1.11 bits per heavy atom. The summed E-state index contributed by atoms with van der Waals surface area (Å²) in [6, 6.07) is 8.18. The zero-order chi connectivity index (χ0) is 26.7. The van der Waals surface area contributed by atoms with Crippen LogP contribution in [0.25, 0.3) is 0 Å². The molecule has 0 aromatic heterocycles. The monoisotopic (exact) mass is 572 g/mol. The standard InChI is InChI=1S/C26H31Cl2FN2O5S/c1-35-15-24(18-9-19(27)11-20(28)10-18)31-7-5-16(6-8-31)14-36-25-13-21(17-3-4-17)22(12-23(25)29)26(32)30-37(2,33)34/h9-13,16-17,24H,3-8,14-15H2,1-2H3,(H,30,32)/t24-/m0/s1. The van der Waals surface area contributed by atoms with Crippen LogP contribution in [0.5, 0.6) is 5.75 Å². The lowest BCUT2D eigenvalue weighted by molar-refractivity contribution is 0.0554. The predicted octanol–water partition coefficient (Wildman–Crippen LogP) is 5.18. The number of carbonyl (C=O) groups excluding carboxylic acids is 1. The lowest BCUT2D eigenvalue weighted by Crippen LogP contribution is -2.39. The number of carbonyl (C=O) groups is 1. The SMILES string of the molecule is COC[C@@H](c1cc(Cl)cc(Cl)c1)N1CCC(COc2cc(C3CC3)c(C(=O)NS(C)(=O)=O)cc2F)CC1. The second-order valence-electron chi connectivity index (χ2n) is 9.81. The Labute approximate surface area is 227 Å². The summed E-state index contributed by atoms with van der Waals surface area (Å²) in [5.41, 5.74) is 1.66. The van der Waals surface area contributed by atoms with Gasteiger partial charge in [0.05, 0.1) is 25.5 Å². The topological polar surface area (TPSA) is 84.9 Å². The molecule has 0 bridgehead atoms. The van der Waals surface area contributed by atoms with Crippen molar-refractivity contribution in [2.45, 2.75) is 37.6 Å². The summed E-state index contributed by atoms with van der Waals surface area (Å²) >= 11 is 12.4. The summed E-state index contributed by atoms with van der Waals surface area (Å²) in [6.07, 6.45) is 4.34. The highest BCUT2D eigenvalue weighted by atomic mass is 35.5. The summed E-state index contributed by atoms with van der Waals surface area (Å²) in [4.78, 5) is 14.8. The number of likely N-dealkylation sites (tertiary alicyclic amines) is 1. The molecule has 0 spiro atoms. The van der Waals surface area contributed by atoms with E-state index in [0.717, 1.165) is 56.7 Å². The number of piperidine rings is 1. The Hall–Kier alpha value is -1.91. The van der Waals surface area contributed by atoms with Crippen molar-refractivity contribution in [1.29, 1.82) is 0 Å². The van der Waals surface area contributed by atoms with Crippen LogP contribution in [-0.4, -0.2) is 58.9 Å². The van der Waals surface area contributed by atoms with Crippen LogP contribution < -0.4 is 9.46 Å². The van der Waals surface area contributed by atoms with E-state index in [1.54, 1.807) is 19.2 Å². The van der Waals surface area contributed by atoms with Gasteiger partial charge in [0, 0.05) is 22.7 Å². The van der Waals surface area contributed by atoms with Crippen molar-refractivity contribution in [2.75, 3.05) is 39.7 Å². The van der Waals surface area contributed by atoms with Crippen molar-refractivity contribution < 1.29 is 27.1 Å². The van der Waals surface area contributed by atoms with Gasteiger partial charge < -0.3 is 9.47 Å². The van der Waals surface area contributed by atoms with Gasteiger partial charge in [-0.1, -0.05) is 23.2 Å². The highest BCUT2D eigenvalue weighted by molar-refractivity contribution is 7.89. The Bertz CT molecular complexity index is 1230. The van der Waals surface area contributed by atoms with E-state index in [4.69, 9.17) is 32.7 Å². The molecule has 2 fully saturated rings. The maximum atomic E-state index is 14.9. The molecule has 2 aliphatic rings. The van der Waals surface area contributed by atoms with Crippen molar-refractivity contribution >= 4 is 39.1 Å². The minimum atomic E-state index is -3.76. The van der Waals surface area contributed by atoms with Crippen LogP contribution in [0.1, 0.15) is 59.1 Å². The van der Waals surface area contributed by atoms with Crippen LogP contribution in [0.3, 0.4) is 0 Å². The Morgan fingerprint density at radius 3 is 2.32 bits per heavy atom. The van der Waals surface area contributed by atoms with Crippen LogP contribution in [-0.2, 0) is 14.8 Å². The van der Waals surface area contributed by atoms with Crippen LogP contribution in [0, 0.1) is 11.7 Å². The number of halogens is 3. The molecule has 1 atom stereocenters. The molecule has 2 aromatic rings. The normalized spacial score (nSPS) is 18.0. The number of nitrogens with zero attached hydrogens (tertiary/aromatic N) is 1. The molecule has 1 aliphatic carbocycles. The molecule has 0 unspecified atom stereocenters. The maximum Gasteiger partial charge on any atom is 0.265 e. The fourth-order valence-corrected chi connectivity index (χ4v) is 5.80. The predicted molar refractivity (Wildman–Crippen MR) is 142 cm³/mol. The first-order valence-corrected chi connectivity index (χ1v) is 14.9. The van der Waals surface area contributed by atoms with Gasteiger partial charge in [-0.2, -0.15) is 0 Å². The molecule has 1 saturated heterocycles. The molecule has 2 aromatic carbocycles. The molecule has 1 saturated carbocycles. The van der Waals surface area contributed by atoms with Crippen molar-refractivity contribution in [1.82, 2.24) is 9.62 Å². The van der Waals surface area contributed by atoms with Gasteiger partial charge in [-0.25, -0.2) is 17.5 Å². The number of nitrogens with one attached hydrogen (secondary N) is 1. The minimum absolute atomic E-state index is 0.0206. The number of ether oxygens (including phenoxy) is 2. The fraction of sp³-hybridized carbons (Fsp3) is 0.500. The number of methoxy groups -OCH3 is 1. The highest BCUT2D eigenvalue weighted by Crippen LogP contribution is 2.43. The van der Waals surface area contributed by atoms with E-state index >= 15 is 0 Å². The zero-order valence-electron chi connectivity index (χ0n) is 20.8. The second-order valence-corrected chi connectivity index (χ2v) is 12.4. The third-order valence-electron chi connectivity index (χ3n) is 6.80. The summed E-state index contributed by atoms with van der Waals surface area (Å²) in [5, 5.41) is 1.17. The van der Waals surface area contributed by atoms with E-state index in [1.165, 1.54) is 0 Å². The second kappa shape index (κ2) is 11.9. The molecular formula is C26H31Cl2FN2O5S. The minimum Gasteiger partial charge on any atom is -0.490 e. The van der Waals surface area contributed by atoms with E-state index in [9.17, 15) is 17.6 Å². The van der Waals surface area contributed by atoms with Crippen LogP contribution >= 0.6 is 23.2 Å². The smallest absolute Gasteiger partial charge is 0.265 e. The first kappa shape index (κ1) is 28.1. The first-order chi connectivity index (χ1) is 17.5. The largest absolute Gasteiger partial charge is 0.490 e. The molecule has 7 nitrogen and oxygen atoms in total. The van der Waals surface area contributed by atoms with Gasteiger partial charge in [0.2, 0.25) is 10.0 Å². The number of amides is 1. The van der Waals surface area contributed by atoms with Gasteiger partial charge in [-0.15, -0.1) is 0 Å². The molecule has 1 N–H and O–H groups in total. The van der Waals surface area contributed by atoms with Crippen molar-refractivity contribution in [3.63, 3.8) is 0 Å². The molecule has 1 aliphatic heterocycles. The Morgan fingerprint density at radius 2 is 1.76 bits per heavy atom. The molecule has 0 radical (unpaired) electrons. The molecule has 11 heteroatoms. The molecule has 202 valence electrons. The van der Waals surface area contributed by atoms with Gasteiger partial charge in [0.15, 0.2) is 11.6 Å². The van der Waals surface area contributed by atoms with E-state index in [0.29, 0.717) is 28.8 Å². The molecule has 1 heterocycles. The number of hydrogen-bond donors (Lipinski definition) is 1. The van der Waals surface area contributed by atoms with Gasteiger partial charge in [-0.3, -0.25) is 9.69 Å². The number of hydrogen-bond acceptors (Lipinski definition) is 6. The molecule has 1 amide bonds. The van der Waals surface area contributed by atoms with Gasteiger partial charge in [0.1, 0.15) is 0 Å². The van der Waals surface area contributed by atoms with Crippen molar-refractivity contribution in [2.24, 2.45) is 5.92 Å². The molecule has 4 rings (SSSR count). The average molecular weight is 574 g/mol. The maximum absolute atomic E-state index is 14.9. The highest BCUT2D eigenvalue weighted by Gasteiger charge is 2.31. The summed E-state index contributed by atoms with van der Waals surface area (Å²) < 4.78 is 51.1. The first-order valence-electron chi connectivity index (χ1n) is 12.2. The lowest BCUT2D eigenvalue weighted by Gasteiger charge is -2.37. The van der Waals surface area contributed by atoms with E-state index < -0.39 is 21.7 Å². The zero-order valence-corrected chi connectivity index (χ0v) is 23.1. The van der Waals surface area contributed by atoms with Crippen molar-refractivity contribution in [3.8, 4) is 5.75 Å². The van der Waals surface area contributed by atoms with Crippen LogP contribution in [0.4, 0.5) is 4.39 Å². The molecular weight excluding hydrogens is 542 g/mol. The van der Waals surface area contributed by atoms with Crippen molar-refractivity contribution in [3.05, 3.63) is 62.9 Å². The quantitative estimate of drug-likeness (QED) is 0.422. The van der Waals surface area contributed by atoms with Gasteiger partial charge in [-0.05, 0) is 92.1 Å².